The number of Topliss-reactive ketones (excluding diaryl/α,β-unsaturated/α-hetero) is 2. The van der Waals surface area contributed by atoms with Crippen molar-refractivity contribution in [2.45, 2.75) is 44.6 Å². The molecule has 1 heterocycles. The van der Waals surface area contributed by atoms with Gasteiger partial charge in [0, 0.05) is 29.5 Å². The van der Waals surface area contributed by atoms with Crippen LogP contribution in [0.1, 0.15) is 59.2 Å². The number of hydrogen-bond acceptors (Lipinski definition) is 3. The van der Waals surface area contributed by atoms with Crippen molar-refractivity contribution < 1.29 is 9.59 Å². The highest BCUT2D eigenvalue weighted by molar-refractivity contribution is 6.00. The highest BCUT2D eigenvalue weighted by Gasteiger charge is 2.42. The first-order valence-electron chi connectivity index (χ1n) is 10.7. The predicted molar refractivity (Wildman–Crippen MR) is 112 cm³/mol. The van der Waals surface area contributed by atoms with E-state index in [0.29, 0.717) is 6.42 Å². The van der Waals surface area contributed by atoms with Crippen molar-refractivity contribution in [3.63, 3.8) is 0 Å². The summed E-state index contributed by atoms with van der Waals surface area (Å²) in [5, 5.41) is 0. The molecule has 2 aliphatic rings. The number of ketones is 2. The number of carbonyl (C=O) groups is 2. The molecule has 2 aromatic rings. The Morgan fingerprint density at radius 1 is 0.786 bits per heavy atom. The van der Waals surface area contributed by atoms with Crippen LogP contribution < -0.4 is 0 Å². The summed E-state index contributed by atoms with van der Waals surface area (Å²) < 4.78 is 0. The van der Waals surface area contributed by atoms with E-state index in [2.05, 4.69) is 4.90 Å². The van der Waals surface area contributed by atoms with Gasteiger partial charge in [-0.25, -0.2) is 0 Å². The Morgan fingerprint density at radius 3 is 2.04 bits per heavy atom. The van der Waals surface area contributed by atoms with E-state index >= 15 is 0 Å². The van der Waals surface area contributed by atoms with Crippen LogP contribution in [0.5, 0.6) is 0 Å². The van der Waals surface area contributed by atoms with E-state index in [9.17, 15) is 9.59 Å². The lowest BCUT2D eigenvalue weighted by Gasteiger charge is -2.42. The molecule has 3 nitrogen and oxygen atoms in total. The Morgan fingerprint density at radius 2 is 1.39 bits per heavy atom. The van der Waals surface area contributed by atoms with Crippen LogP contribution in [0.4, 0.5) is 0 Å². The summed E-state index contributed by atoms with van der Waals surface area (Å²) in [7, 11) is 0. The second-order valence-corrected chi connectivity index (χ2v) is 8.25. The van der Waals surface area contributed by atoms with Crippen molar-refractivity contribution in [3.8, 4) is 0 Å². The first-order chi connectivity index (χ1) is 13.7. The third-order valence-electron chi connectivity index (χ3n) is 6.51. The van der Waals surface area contributed by atoms with Crippen LogP contribution in [0.15, 0.2) is 60.7 Å². The summed E-state index contributed by atoms with van der Waals surface area (Å²) in [5.41, 5.74) is 1.55. The lowest BCUT2D eigenvalue weighted by molar-refractivity contribution is 0.0529. The Kier molecular flexibility index (Phi) is 6.01. The predicted octanol–water partition coefficient (Wildman–Crippen LogP) is 5.02. The number of carbonyl (C=O) groups excluding carboxylic acids is 2. The topological polar surface area (TPSA) is 37.4 Å². The Balaban J connectivity index is 1.60. The van der Waals surface area contributed by atoms with Gasteiger partial charge in [-0.2, -0.15) is 0 Å². The molecule has 3 heteroatoms. The average molecular weight is 376 g/mol. The number of benzene rings is 2. The molecular formula is C25H29NO2. The van der Waals surface area contributed by atoms with Crippen LogP contribution >= 0.6 is 0 Å². The summed E-state index contributed by atoms with van der Waals surface area (Å²) >= 11 is 0. The molecule has 1 saturated carbocycles. The quantitative estimate of drug-likeness (QED) is 0.665. The molecule has 0 radical (unpaired) electrons. The zero-order valence-corrected chi connectivity index (χ0v) is 16.4. The molecule has 146 valence electrons. The maximum absolute atomic E-state index is 13.6. The van der Waals surface area contributed by atoms with E-state index in [1.807, 2.05) is 60.7 Å². The second kappa shape index (κ2) is 8.83. The minimum atomic E-state index is -0.0816. The summed E-state index contributed by atoms with van der Waals surface area (Å²) in [6.45, 7) is 2.17. The third-order valence-corrected chi connectivity index (χ3v) is 6.51. The van der Waals surface area contributed by atoms with Gasteiger partial charge in [-0.3, -0.25) is 14.5 Å². The molecule has 4 rings (SSSR count). The van der Waals surface area contributed by atoms with Crippen LogP contribution in [0, 0.1) is 11.8 Å². The first kappa shape index (κ1) is 19.1. The van der Waals surface area contributed by atoms with Crippen molar-refractivity contribution in [1.82, 2.24) is 4.90 Å². The Hall–Kier alpha value is -2.26. The van der Waals surface area contributed by atoms with Crippen LogP contribution in [0.2, 0.25) is 0 Å². The third kappa shape index (κ3) is 4.10. The van der Waals surface area contributed by atoms with Crippen LogP contribution in [-0.2, 0) is 0 Å². The molecule has 1 aliphatic carbocycles. The molecule has 3 atom stereocenters. The Labute approximate surface area is 167 Å². The maximum atomic E-state index is 13.6. The minimum absolute atomic E-state index is 0.0816. The fourth-order valence-corrected chi connectivity index (χ4v) is 5.14. The second-order valence-electron chi connectivity index (χ2n) is 8.25. The van der Waals surface area contributed by atoms with Gasteiger partial charge in [0.2, 0.25) is 0 Å². The summed E-state index contributed by atoms with van der Waals surface area (Å²) in [6, 6.07) is 19.5. The van der Waals surface area contributed by atoms with Gasteiger partial charge in [0.05, 0.1) is 0 Å². The molecule has 0 bridgehead atoms. The Bertz CT molecular complexity index is 796. The number of rotatable bonds is 6. The first-order valence-corrected chi connectivity index (χ1v) is 10.7. The van der Waals surface area contributed by atoms with Crippen molar-refractivity contribution >= 4 is 11.6 Å². The molecular weight excluding hydrogens is 346 g/mol. The van der Waals surface area contributed by atoms with Crippen LogP contribution in [0.25, 0.3) is 0 Å². The fourth-order valence-electron chi connectivity index (χ4n) is 5.14. The normalized spacial score (nSPS) is 25.5. The lowest BCUT2D eigenvalue weighted by Crippen LogP contribution is -2.48. The van der Waals surface area contributed by atoms with Crippen molar-refractivity contribution in [1.29, 1.82) is 0 Å². The van der Waals surface area contributed by atoms with Crippen molar-refractivity contribution in [2.24, 2.45) is 11.8 Å². The summed E-state index contributed by atoms with van der Waals surface area (Å²) in [4.78, 5) is 29.0. The molecule has 0 aromatic heterocycles. The minimum Gasteiger partial charge on any atom is -0.300 e. The van der Waals surface area contributed by atoms with Crippen molar-refractivity contribution in [3.05, 3.63) is 71.8 Å². The van der Waals surface area contributed by atoms with E-state index in [0.717, 1.165) is 43.5 Å². The van der Waals surface area contributed by atoms with Gasteiger partial charge in [-0.15, -0.1) is 0 Å². The monoisotopic (exact) mass is 375 g/mol. The lowest BCUT2D eigenvalue weighted by atomic mass is 9.69. The van der Waals surface area contributed by atoms with Gasteiger partial charge in [0.15, 0.2) is 11.6 Å². The zero-order valence-electron chi connectivity index (χ0n) is 16.4. The van der Waals surface area contributed by atoms with Crippen LogP contribution in [-0.4, -0.2) is 35.6 Å². The molecule has 0 spiro atoms. The molecule has 1 aliphatic heterocycles. The van der Waals surface area contributed by atoms with Gasteiger partial charge in [0.1, 0.15) is 0 Å². The molecule has 28 heavy (non-hydrogen) atoms. The van der Waals surface area contributed by atoms with E-state index in [1.165, 1.54) is 12.8 Å². The molecule has 0 amide bonds. The van der Waals surface area contributed by atoms with E-state index in [-0.39, 0.29) is 29.4 Å². The molecule has 0 unspecified atom stereocenters. The van der Waals surface area contributed by atoms with Gasteiger partial charge >= 0.3 is 0 Å². The number of hydrogen-bond donors (Lipinski definition) is 0. The van der Waals surface area contributed by atoms with Gasteiger partial charge in [0.25, 0.3) is 0 Å². The van der Waals surface area contributed by atoms with Gasteiger partial charge in [-0.05, 0) is 44.7 Å². The maximum Gasteiger partial charge on any atom is 0.167 e. The standard InChI is InChI=1S/C25H29NO2/c27-23(19-10-3-1-4-11-19)18-21-14-9-15-22(26-16-7-8-17-26)24(21)25(28)20-12-5-2-6-13-20/h1-6,10-13,21-22,24H,7-9,14-18H2/t21-,22-,24-/m1/s1. The van der Waals surface area contributed by atoms with E-state index < -0.39 is 0 Å². The SMILES string of the molecule is O=C(C[C@H]1CCC[C@@H](N2CCCC2)[C@@H]1C(=O)c1ccccc1)c1ccccc1. The van der Waals surface area contributed by atoms with Crippen LogP contribution in [0.3, 0.4) is 0 Å². The smallest absolute Gasteiger partial charge is 0.167 e. The molecule has 1 saturated heterocycles. The number of likely N-dealkylation sites (tertiary alicyclic amines) is 1. The largest absolute Gasteiger partial charge is 0.300 e. The molecule has 2 fully saturated rings. The van der Waals surface area contributed by atoms with E-state index in [1.54, 1.807) is 0 Å². The van der Waals surface area contributed by atoms with E-state index in [4.69, 9.17) is 0 Å². The highest BCUT2D eigenvalue weighted by atomic mass is 16.1. The molecule has 2 aromatic carbocycles. The van der Waals surface area contributed by atoms with Gasteiger partial charge in [-0.1, -0.05) is 67.1 Å². The molecule has 0 N–H and O–H groups in total. The summed E-state index contributed by atoms with van der Waals surface area (Å²) in [6.07, 6.45) is 6.04. The number of nitrogens with zero attached hydrogens (tertiary/aromatic N) is 1. The average Bonchev–Trinajstić information content (AvgIpc) is 3.29. The van der Waals surface area contributed by atoms with Gasteiger partial charge < -0.3 is 0 Å². The summed E-state index contributed by atoms with van der Waals surface area (Å²) in [5.74, 6) is 0.434. The highest BCUT2D eigenvalue weighted by Crippen LogP contribution is 2.39. The van der Waals surface area contributed by atoms with Crippen molar-refractivity contribution in [2.75, 3.05) is 13.1 Å². The zero-order chi connectivity index (χ0) is 19.3. The fraction of sp³-hybridized carbons (Fsp3) is 0.440.